The molecule has 0 aliphatic carbocycles. The van der Waals surface area contributed by atoms with Crippen molar-refractivity contribution < 1.29 is 4.79 Å². The van der Waals surface area contributed by atoms with Gasteiger partial charge in [-0.1, -0.05) is 30.7 Å². The number of nitrogens with zero attached hydrogens (tertiary/aromatic N) is 1. The molecule has 0 bridgehead atoms. The summed E-state index contributed by atoms with van der Waals surface area (Å²) < 4.78 is 0. The first-order chi connectivity index (χ1) is 11.0. The van der Waals surface area contributed by atoms with Gasteiger partial charge in [-0.15, -0.1) is 0 Å². The van der Waals surface area contributed by atoms with E-state index < -0.39 is 0 Å². The van der Waals surface area contributed by atoms with Gasteiger partial charge in [0, 0.05) is 37.6 Å². The monoisotopic (exact) mass is 338 g/mol. The number of hydrogen-bond donors (Lipinski definition) is 3. The summed E-state index contributed by atoms with van der Waals surface area (Å²) in [5.74, 6) is 0.763. The number of hydrogen-bond acceptors (Lipinski definition) is 2. The molecule has 128 valence electrons. The van der Waals surface area contributed by atoms with Crippen LogP contribution in [0.15, 0.2) is 29.3 Å². The first kappa shape index (κ1) is 19.3. The largest absolute Gasteiger partial charge is 0.356 e. The molecule has 0 saturated carbocycles. The molecule has 1 aromatic carbocycles. The Labute approximate surface area is 143 Å². The highest BCUT2D eigenvalue weighted by Gasteiger charge is 2.05. The van der Waals surface area contributed by atoms with E-state index in [1.807, 2.05) is 31.2 Å². The Bertz CT molecular complexity index is 502. The number of aliphatic imine (C=N–C) groups is 1. The summed E-state index contributed by atoms with van der Waals surface area (Å²) in [5, 5.41) is 10.1. The lowest BCUT2D eigenvalue weighted by Gasteiger charge is -2.13. The highest BCUT2D eigenvalue weighted by molar-refractivity contribution is 6.30. The molecule has 0 aliphatic rings. The van der Waals surface area contributed by atoms with Crippen LogP contribution in [0, 0.1) is 0 Å². The predicted molar refractivity (Wildman–Crippen MR) is 97.0 cm³/mol. The molecule has 1 amide bonds. The molecule has 1 atom stereocenters. The molecule has 0 heterocycles. The van der Waals surface area contributed by atoms with Crippen LogP contribution in [0.1, 0.15) is 32.3 Å². The van der Waals surface area contributed by atoms with E-state index >= 15 is 0 Å². The minimum absolute atomic E-state index is 0.0588. The number of rotatable bonds is 8. The van der Waals surface area contributed by atoms with Crippen molar-refractivity contribution in [2.24, 2.45) is 4.99 Å². The molecule has 6 heteroatoms. The van der Waals surface area contributed by atoms with Crippen LogP contribution in [0.2, 0.25) is 5.02 Å². The molecule has 0 spiro atoms. The van der Waals surface area contributed by atoms with Gasteiger partial charge in [0.25, 0.3) is 0 Å². The second kappa shape index (κ2) is 10.9. The van der Waals surface area contributed by atoms with Crippen molar-refractivity contribution >= 4 is 23.5 Å². The molecular formula is C17H27ClN4O. The Balaban J connectivity index is 2.22. The van der Waals surface area contributed by atoms with E-state index in [-0.39, 0.29) is 11.9 Å². The lowest BCUT2D eigenvalue weighted by atomic mass is 10.1. The number of guanidine groups is 1. The van der Waals surface area contributed by atoms with Crippen LogP contribution >= 0.6 is 11.6 Å². The summed E-state index contributed by atoms with van der Waals surface area (Å²) in [6.07, 6.45) is 2.25. The van der Waals surface area contributed by atoms with Gasteiger partial charge >= 0.3 is 0 Å². The standard InChI is InChI=1S/C17H27ClN4O/c1-4-13(2)22-16(23)10-12-21-17(19-3)20-11-9-14-5-7-15(18)8-6-14/h5-8,13H,4,9-12H2,1-3H3,(H,22,23)(H2,19,20,21). The van der Waals surface area contributed by atoms with E-state index in [0.29, 0.717) is 18.9 Å². The lowest BCUT2D eigenvalue weighted by molar-refractivity contribution is -0.121. The Morgan fingerprint density at radius 1 is 1.22 bits per heavy atom. The number of carbonyl (C=O) groups is 1. The molecule has 0 radical (unpaired) electrons. The third-order valence-corrected chi connectivity index (χ3v) is 3.76. The third-order valence-electron chi connectivity index (χ3n) is 3.51. The zero-order valence-corrected chi connectivity index (χ0v) is 14.9. The molecule has 1 unspecified atom stereocenters. The fourth-order valence-electron chi connectivity index (χ4n) is 1.94. The molecular weight excluding hydrogens is 312 g/mol. The maximum Gasteiger partial charge on any atom is 0.221 e. The molecule has 1 rings (SSSR count). The minimum atomic E-state index is 0.0588. The molecule has 0 aromatic heterocycles. The average molecular weight is 339 g/mol. The van der Waals surface area contributed by atoms with Crippen molar-refractivity contribution in [2.75, 3.05) is 20.1 Å². The third kappa shape index (κ3) is 8.45. The van der Waals surface area contributed by atoms with E-state index in [1.165, 1.54) is 5.56 Å². The van der Waals surface area contributed by atoms with Gasteiger partial charge in [-0.05, 0) is 37.5 Å². The van der Waals surface area contributed by atoms with Crippen molar-refractivity contribution in [1.29, 1.82) is 0 Å². The molecule has 5 nitrogen and oxygen atoms in total. The summed E-state index contributed by atoms with van der Waals surface area (Å²) >= 11 is 5.86. The van der Waals surface area contributed by atoms with Gasteiger partial charge in [-0.25, -0.2) is 0 Å². The van der Waals surface area contributed by atoms with Crippen molar-refractivity contribution in [2.45, 2.75) is 39.2 Å². The van der Waals surface area contributed by atoms with Gasteiger partial charge in [0.15, 0.2) is 5.96 Å². The van der Waals surface area contributed by atoms with Crippen LogP contribution in [0.3, 0.4) is 0 Å². The highest BCUT2D eigenvalue weighted by Crippen LogP contribution is 2.09. The topological polar surface area (TPSA) is 65.5 Å². The fourth-order valence-corrected chi connectivity index (χ4v) is 2.07. The number of carbonyl (C=O) groups excluding carboxylic acids is 1. The normalized spacial score (nSPS) is 12.6. The molecule has 0 saturated heterocycles. The first-order valence-corrected chi connectivity index (χ1v) is 8.41. The summed E-state index contributed by atoms with van der Waals surface area (Å²) in [5.41, 5.74) is 1.21. The quantitative estimate of drug-likeness (QED) is 0.503. The van der Waals surface area contributed by atoms with E-state index in [1.54, 1.807) is 7.05 Å². The molecule has 3 N–H and O–H groups in total. The minimum Gasteiger partial charge on any atom is -0.356 e. The van der Waals surface area contributed by atoms with Crippen LogP contribution in [0.25, 0.3) is 0 Å². The summed E-state index contributed by atoms with van der Waals surface area (Å²) in [6.45, 7) is 5.38. The number of benzene rings is 1. The van der Waals surface area contributed by atoms with Crippen molar-refractivity contribution in [3.63, 3.8) is 0 Å². The maximum atomic E-state index is 11.7. The van der Waals surface area contributed by atoms with E-state index in [0.717, 1.165) is 24.4 Å². The number of halogens is 1. The van der Waals surface area contributed by atoms with Crippen LogP contribution in [0.4, 0.5) is 0 Å². The molecule has 0 aliphatic heterocycles. The van der Waals surface area contributed by atoms with Gasteiger partial charge in [-0.2, -0.15) is 0 Å². The van der Waals surface area contributed by atoms with Gasteiger partial charge in [-0.3, -0.25) is 9.79 Å². The smallest absolute Gasteiger partial charge is 0.221 e. The molecule has 1 aromatic rings. The van der Waals surface area contributed by atoms with Crippen molar-refractivity contribution in [1.82, 2.24) is 16.0 Å². The Kier molecular flexibility index (Phi) is 9.14. The lowest BCUT2D eigenvalue weighted by Crippen LogP contribution is -2.41. The van der Waals surface area contributed by atoms with Crippen LogP contribution in [0.5, 0.6) is 0 Å². The highest BCUT2D eigenvalue weighted by atomic mass is 35.5. The second-order valence-electron chi connectivity index (χ2n) is 5.43. The van der Waals surface area contributed by atoms with E-state index in [4.69, 9.17) is 11.6 Å². The average Bonchev–Trinajstić information content (AvgIpc) is 2.55. The van der Waals surface area contributed by atoms with Gasteiger partial charge in [0.05, 0.1) is 0 Å². The van der Waals surface area contributed by atoms with Crippen molar-refractivity contribution in [3.8, 4) is 0 Å². The SMILES string of the molecule is CCC(C)NC(=O)CCNC(=NC)NCCc1ccc(Cl)cc1. The first-order valence-electron chi connectivity index (χ1n) is 8.03. The van der Waals surface area contributed by atoms with Gasteiger partial charge in [0.2, 0.25) is 5.91 Å². The van der Waals surface area contributed by atoms with Gasteiger partial charge in [0.1, 0.15) is 0 Å². The molecule has 23 heavy (non-hydrogen) atoms. The summed E-state index contributed by atoms with van der Waals surface area (Å²) in [6, 6.07) is 8.03. The molecule has 0 fully saturated rings. The predicted octanol–water partition coefficient (Wildman–Crippen LogP) is 2.35. The zero-order valence-electron chi connectivity index (χ0n) is 14.2. The Hall–Kier alpha value is -1.75. The summed E-state index contributed by atoms with van der Waals surface area (Å²) in [4.78, 5) is 15.8. The zero-order chi connectivity index (χ0) is 17.1. The fraction of sp³-hybridized carbons (Fsp3) is 0.529. The van der Waals surface area contributed by atoms with E-state index in [2.05, 4.69) is 27.9 Å². The van der Waals surface area contributed by atoms with Crippen LogP contribution in [-0.4, -0.2) is 38.0 Å². The second-order valence-corrected chi connectivity index (χ2v) is 5.87. The maximum absolute atomic E-state index is 11.7. The van der Waals surface area contributed by atoms with Gasteiger partial charge < -0.3 is 16.0 Å². The number of amides is 1. The number of nitrogens with one attached hydrogen (secondary N) is 3. The Morgan fingerprint density at radius 3 is 2.48 bits per heavy atom. The van der Waals surface area contributed by atoms with Crippen LogP contribution < -0.4 is 16.0 Å². The Morgan fingerprint density at radius 2 is 1.87 bits per heavy atom. The summed E-state index contributed by atoms with van der Waals surface area (Å²) in [7, 11) is 1.72. The van der Waals surface area contributed by atoms with E-state index in [9.17, 15) is 4.79 Å². The van der Waals surface area contributed by atoms with Crippen molar-refractivity contribution in [3.05, 3.63) is 34.9 Å². The van der Waals surface area contributed by atoms with Crippen LogP contribution in [-0.2, 0) is 11.2 Å².